The standard InChI is InChI=1S/C23H29N3O6S/c1-14(2)12-24-23(29)25-20(27)13-32-22(28)18-8-6-7-9-19(18)26-33(30,31)21-16(4)10-15(3)11-17(21)5/h6-11,14,26H,12-13H2,1-5H3,(H2,24,25,27,29). The van der Waals surface area contributed by atoms with Crippen LogP contribution in [0, 0.1) is 26.7 Å². The molecule has 2 rings (SSSR count). The highest BCUT2D eigenvalue weighted by Gasteiger charge is 2.23. The van der Waals surface area contributed by atoms with Crippen LogP contribution in [0.25, 0.3) is 0 Å². The first-order valence-corrected chi connectivity index (χ1v) is 11.8. The average molecular weight is 476 g/mol. The number of sulfonamides is 1. The lowest BCUT2D eigenvalue weighted by atomic mass is 10.1. The van der Waals surface area contributed by atoms with Crippen LogP contribution in [0.2, 0.25) is 0 Å². The Hall–Kier alpha value is -3.40. The molecule has 0 fully saturated rings. The van der Waals surface area contributed by atoms with Crippen LogP contribution < -0.4 is 15.4 Å². The van der Waals surface area contributed by atoms with Gasteiger partial charge in [0.1, 0.15) is 0 Å². The zero-order chi connectivity index (χ0) is 24.8. The van der Waals surface area contributed by atoms with Crippen LogP contribution in [-0.2, 0) is 19.6 Å². The average Bonchev–Trinajstić information content (AvgIpc) is 2.69. The summed E-state index contributed by atoms with van der Waals surface area (Å²) in [7, 11) is -4.00. The minimum absolute atomic E-state index is 0.0111. The summed E-state index contributed by atoms with van der Waals surface area (Å²) in [5.41, 5.74) is 2.03. The molecular weight excluding hydrogens is 446 g/mol. The Labute approximate surface area is 194 Å². The molecule has 3 amide bonds. The summed E-state index contributed by atoms with van der Waals surface area (Å²) in [5.74, 6) is -1.52. The molecule has 0 radical (unpaired) electrons. The third-order valence-electron chi connectivity index (χ3n) is 4.52. The van der Waals surface area contributed by atoms with Crippen molar-refractivity contribution < 1.29 is 27.5 Å². The van der Waals surface area contributed by atoms with Crippen LogP contribution in [0.3, 0.4) is 0 Å². The van der Waals surface area contributed by atoms with Crippen LogP contribution >= 0.6 is 0 Å². The predicted octanol–water partition coefficient (Wildman–Crippen LogP) is 3.05. The van der Waals surface area contributed by atoms with E-state index in [1.807, 2.05) is 20.8 Å². The smallest absolute Gasteiger partial charge is 0.340 e. The first-order valence-electron chi connectivity index (χ1n) is 10.3. The molecule has 2 aromatic carbocycles. The minimum atomic E-state index is -4.00. The molecule has 0 aromatic heterocycles. The number of aryl methyl sites for hydroxylation is 3. The first-order chi connectivity index (χ1) is 15.4. The molecule has 178 valence electrons. The van der Waals surface area contributed by atoms with Crippen LogP contribution in [0.1, 0.15) is 40.9 Å². The van der Waals surface area contributed by atoms with Crippen LogP contribution in [0.4, 0.5) is 10.5 Å². The number of hydrogen-bond acceptors (Lipinski definition) is 6. The van der Waals surface area contributed by atoms with Gasteiger partial charge in [-0.1, -0.05) is 43.7 Å². The number of esters is 1. The number of urea groups is 1. The van der Waals surface area contributed by atoms with Crippen molar-refractivity contribution in [1.82, 2.24) is 10.6 Å². The predicted molar refractivity (Wildman–Crippen MR) is 125 cm³/mol. The molecule has 0 aliphatic heterocycles. The highest BCUT2D eigenvalue weighted by Crippen LogP contribution is 2.26. The maximum absolute atomic E-state index is 13.1. The number of imide groups is 1. The molecule has 0 saturated heterocycles. The van der Waals surface area contributed by atoms with Gasteiger partial charge in [-0.25, -0.2) is 18.0 Å². The van der Waals surface area contributed by atoms with Gasteiger partial charge in [-0.05, 0) is 49.9 Å². The molecule has 0 saturated carbocycles. The molecule has 33 heavy (non-hydrogen) atoms. The van der Waals surface area contributed by atoms with E-state index in [1.165, 1.54) is 18.2 Å². The lowest BCUT2D eigenvalue weighted by molar-refractivity contribution is -0.123. The summed E-state index contributed by atoms with van der Waals surface area (Å²) in [4.78, 5) is 36.2. The topological polar surface area (TPSA) is 131 Å². The fraction of sp³-hybridized carbons (Fsp3) is 0.348. The van der Waals surface area contributed by atoms with E-state index in [0.29, 0.717) is 17.7 Å². The Morgan fingerprint density at radius 3 is 2.21 bits per heavy atom. The lowest BCUT2D eigenvalue weighted by Crippen LogP contribution is -2.42. The molecule has 3 N–H and O–H groups in total. The minimum Gasteiger partial charge on any atom is -0.452 e. The molecule has 9 nitrogen and oxygen atoms in total. The zero-order valence-corrected chi connectivity index (χ0v) is 20.1. The number of hydrogen-bond donors (Lipinski definition) is 3. The molecule has 0 atom stereocenters. The highest BCUT2D eigenvalue weighted by atomic mass is 32.2. The number of para-hydroxylation sites is 1. The number of carbonyl (C=O) groups is 3. The van der Waals surface area contributed by atoms with E-state index >= 15 is 0 Å². The van der Waals surface area contributed by atoms with Gasteiger partial charge in [0.15, 0.2) is 6.61 Å². The molecule has 0 bridgehead atoms. The monoisotopic (exact) mass is 475 g/mol. The number of benzene rings is 2. The second kappa shape index (κ2) is 11.0. The van der Waals surface area contributed by atoms with Crippen molar-refractivity contribution >= 4 is 33.6 Å². The summed E-state index contributed by atoms with van der Waals surface area (Å²) in [6, 6.07) is 8.73. The number of nitrogens with one attached hydrogen (secondary N) is 3. The summed E-state index contributed by atoms with van der Waals surface area (Å²) in [6.45, 7) is 8.75. The van der Waals surface area contributed by atoms with Crippen molar-refractivity contribution in [2.24, 2.45) is 5.92 Å². The molecule has 0 aliphatic carbocycles. The SMILES string of the molecule is Cc1cc(C)c(S(=O)(=O)Nc2ccccc2C(=O)OCC(=O)NC(=O)NCC(C)C)c(C)c1. The van der Waals surface area contributed by atoms with E-state index in [4.69, 9.17) is 4.74 Å². The molecule has 10 heteroatoms. The van der Waals surface area contributed by atoms with Crippen molar-refractivity contribution in [2.45, 2.75) is 39.5 Å². The van der Waals surface area contributed by atoms with Gasteiger partial charge >= 0.3 is 12.0 Å². The van der Waals surface area contributed by atoms with Crippen molar-refractivity contribution in [1.29, 1.82) is 0 Å². The number of ether oxygens (including phenoxy) is 1. The van der Waals surface area contributed by atoms with E-state index in [2.05, 4.69) is 15.4 Å². The van der Waals surface area contributed by atoms with Gasteiger partial charge in [0.05, 0.1) is 16.1 Å². The molecular formula is C23H29N3O6S. The molecule has 2 aromatic rings. The molecule has 0 heterocycles. The molecule has 0 unspecified atom stereocenters. The van der Waals surface area contributed by atoms with Gasteiger partial charge in [-0.3, -0.25) is 14.8 Å². The van der Waals surface area contributed by atoms with Crippen molar-refractivity contribution in [3.63, 3.8) is 0 Å². The van der Waals surface area contributed by atoms with Crippen LogP contribution in [0.15, 0.2) is 41.3 Å². The quantitative estimate of drug-likeness (QED) is 0.503. The van der Waals surface area contributed by atoms with Crippen molar-refractivity contribution in [3.8, 4) is 0 Å². The summed E-state index contributed by atoms with van der Waals surface area (Å²) >= 11 is 0. The number of rotatable bonds is 8. The van der Waals surface area contributed by atoms with E-state index < -0.39 is 34.5 Å². The van der Waals surface area contributed by atoms with Gasteiger partial charge in [-0.15, -0.1) is 0 Å². The Morgan fingerprint density at radius 2 is 1.61 bits per heavy atom. The van der Waals surface area contributed by atoms with Crippen LogP contribution in [0.5, 0.6) is 0 Å². The van der Waals surface area contributed by atoms with Crippen LogP contribution in [-0.4, -0.2) is 39.5 Å². The van der Waals surface area contributed by atoms with E-state index in [9.17, 15) is 22.8 Å². The second-order valence-corrected chi connectivity index (χ2v) is 9.73. The highest BCUT2D eigenvalue weighted by molar-refractivity contribution is 7.92. The maximum Gasteiger partial charge on any atom is 0.340 e. The fourth-order valence-corrected chi connectivity index (χ4v) is 4.78. The number of carbonyl (C=O) groups excluding carboxylic acids is 3. The van der Waals surface area contributed by atoms with E-state index in [-0.39, 0.29) is 22.1 Å². The Kier molecular flexibility index (Phi) is 8.58. The maximum atomic E-state index is 13.1. The lowest BCUT2D eigenvalue weighted by Gasteiger charge is -2.16. The number of amides is 3. The van der Waals surface area contributed by atoms with Crippen molar-refractivity contribution in [2.75, 3.05) is 17.9 Å². The summed E-state index contributed by atoms with van der Waals surface area (Å²) in [6.07, 6.45) is 0. The van der Waals surface area contributed by atoms with Gasteiger partial charge in [0.25, 0.3) is 15.9 Å². The summed E-state index contributed by atoms with van der Waals surface area (Å²) in [5, 5.41) is 4.56. The summed E-state index contributed by atoms with van der Waals surface area (Å²) < 4.78 is 33.5. The van der Waals surface area contributed by atoms with E-state index in [1.54, 1.807) is 32.0 Å². The Morgan fingerprint density at radius 1 is 1.00 bits per heavy atom. The third kappa shape index (κ3) is 7.31. The molecule has 0 spiro atoms. The fourth-order valence-electron chi connectivity index (χ4n) is 3.25. The largest absolute Gasteiger partial charge is 0.452 e. The number of anilines is 1. The normalized spacial score (nSPS) is 11.1. The zero-order valence-electron chi connectivity index (χ0n) is 19.3. The Bertz CT molecular complexity index is 1140. The Balaban J connectivity index is 2.12. The first kappa shape index (κ1) is 25.9. The van der Waals surface area contributed by atoms with Gasteiger partial charge in [0, 0.05) is 6.54 Å². The van der Waals surface area contributed by atoms with E-state index in [0.717, 1.165) is 5.56 Å². The van der Waals surface area contributed by atoms with Gasteiger partial charge in [0.2, 0.25) is 0 Å². The van der Waals surface area contributed by atoms with Gasteiger partial charge in [-0.2, -0.15) is 0 Å². The van der Waals surface area contributed by atoms with Crippen molar-refractivity contribution in [3.05, 3.63) is 58.7 Å². The molecule has 0 aliphatic rings. The van der Waals surface area contributed by atoms with Gasteiger partial charge < -0.3 is 10.1 Å². The third-order valence-corrected chi connectivity index (χ3v) is 6.19. The second-order valence-electron chi connectivity index (χ2n) is 8.11.